The van der Waals surface area contributed by atoms with Crippen molar-refractivity contribution in [2.45, 2.75) is 6.54 Å². The van der Waals surface area contributed by atoms with E-state index in [-0.39, 0.29) is 51.0 Å². The number of amides is 4. The van der Waals surface area contributed by atoms with Crippen LogP contribution in [0.3, 0.4) is 0 Å². The molecule has 0 radical (unpaired) electrons. The van der Waals surface area contributed by atoms with Gasteiger partial charge in [-0.05, 0) is 42.0 Å². The molecule has 1 aromatic heterocycles. The first-order valence-electron chi connectivity index (χ1n) is 8.27. The number of benzene rings is 2. The molecule has 7 N–H and O–H groups in total. The van der Waals surface area contributed by atoms with Crippen LogP contribution in [-0.4, -0.2) is 33.5 Å². The van der Waals surface area contributed by atoms with Crippen molar-refractivity contribution in [3.8, 4) is 0 Å². The number of nitrogens with one attached hydrogen (secondary N) is 1. The number of rotatable bonds is 2. The molecule has 5 rings (SSSR count). The van der Waals surface area contributed by atoms with Gasteiger partial charge in [-0.3, -0.25) is 34.4 Å². The minimum absolute atomic E-state index is 0. The Morgan fingerprint density at radius 2 is 1.13 bits per heavy atom. The summed E-state index contributed by atoms with van der Waals surface area (Å²) in [5.74, 6) is -1.97. The molecule has 3 aromatic rings. The van der Waals surface area contributed by atoms with E-state index >= 15 is 0 Å². The first-order chi connectivity index (χ1) is 13.1. The summed E-state index contributed by atoms with van der Waals surface area (Å²) < 4.78 is 0. The van der Waals surface area contributed by atoms with Gasteiger partial charge in [0.1, 0.15) is 0 Å². The zero-order valence-electron chi connectivity index (χ0n) is 15.6. The number of nitrogens with zero attached hydrogens (tertiary/aromatic N) is 2. The SMILES string of the molecule is N.N.O=C1NC(=O)c2ccc3c4c(ccc1c24)C(=O)N(Cc1ccncc1)C3=O.[Pt]. The van der Waals surface area contributed by atoms with Crippen LogP contribution in [0.1, 0.15) is 47.0 Å². The minimum atomic E-state index is -0.532. The third-order valence-electron chi connectivity index (χ3n) is 4.92. The molecule has 2 aromatic carbocycles. The summed E-state index contributed by atoms with van der Waals surface area (Å²) in [6.45, 7) is 0.115. The molecule has 0 spiro atoms. The van der Waals surface area contributed by atoms with Crippen molar-refractivity contribution in [3.05, 3.63) is 76.6 Å². The molecule has 0 unspecified atom stereocenters. The molecule has 3 heterocycles. The van der Waals surface area contributed by atoms with Crippen molar-refractivity contribution < 1.29 is 40.2 Å². The Morgan fingerprint density at radius 3 is 1.63 bits per heavy atom. The average Bonchev–Trinajstić information content (AvgIpc) is 2.68. The van der Waals surface area contributed by atoms with Gasteiger partial charge in [-0.25, -0.2) is 0 Å². The maximum Gasteiger partial charge on any atom is 0.261 e. The van der Waals surface area contributed by atoms with E-state index < -0.39 is 23.6 Å². The van der Waals surface area contributed by atoms with Gasteiger partial charge >= 0.3 is 0 Å². The Balaban J connectivity index is 0.00000107. The molecular weight excluding hydrogens is 569 g/mol. The molecular formula is C20H17N5O4Pt. The van der Waals surface area contributed by atoms with Gasteiger partial charge in [-0.15, -0.1) is 0 Å². The van der Waals surface area contributed by atoms with Crippen LogP contribution >= 0.6 is 0 Å². The van der Waals surface area contributed by atoms with Gasteiger partial charge in [-0.1, -0.05) is 0 Å². The molecule has 2 aliphatic heterocycles. The second-order valence-electron chi connectivity index (χ2n) is 6.41. The Labute approximate surface area is 185 Å². The fourth-order valence-corrected chi connectivity index (χ4v) is 3.67. The summed E-state index contributed by atoms with van der Waals surface area (Å²) in [7, 11) is 0. The predicted molar refractivity (Wildman–Crippen MR) is 104 cm³/mol. The number of pyridine rings is 1. The monoisotopic (exact) mass is 586 g/mol. The Morgan fingerprint density at radius 1 is 0.700 bits per heavy atom. The van der Waals surface area contributed by atoms with Crippen LogP contribution in [0.5, 0.6) is 0 Å². The van der Waals surface area contributed by atoms with Crippen LogP contribution < -0.4 is 17.6 Å². The molecule has 0 aliphatic carbocycles. The molecule has 0 bridgehead atoms. The molecule has 2 aliphatic rings. The van der Waals surface area contributed by atoms with E-state index in [0.717, 1.165) is 5.56 Å². The van der Waals surface area contributed by atoms with E-state index in [4.69, 9.17) is 0 Å². The topological polar surface area (TPSA) is 166 Å². The van der Waals surface area contributed by atoms with Gasteiger partial charge in [0.05, 0.1) is 6.54 Å². The summed E-state index contributed by atoms with van der Waals surface area (Å²) in [5.41, 5.74) is 1.96. The van der Waals surface area contributed by atoms with Gasteiger partial charge in [0.25, 0.3) is 23.6 Å². The van der Waals surface area contributed by atoms with Crippen LogP contribution in [0.15, 0.2) is 48.8 Å². The summed E-state index contributed by atoms with van der Waals surface area (Å²) in [6, 6.07) is 9.58. The van der Waals surface area contributed by atoms with E-state index in [2.05, 4.69) is 10.3 Å². The molecule has 156 valence electrons. The van der Waals surface area contributed by atoms with E-state index in [1.807, 2.05) is 0 Å². The fraction of sp³-hybridized carbons (Fsp3) is 0.0500. The number of hydrogen-bond acceptors (Lipinski definition) is 7. The van der Waals surface area contributed by atoms with Crippen LogP contribution in [0, 0.1) is 0 Å². The van der Waals surface area contributed by atoms with Crippen molar-refractivity contribution in [1.29, 1.82) is 0 Å². The van der Waals surface area contributed by atoms with E-state index in [1.54, 1.807) is 24.5 Å². The molecule has 0 atom stereocenters. The zero-order chi connectivity index (χ0) is 18.7. The number of hydrogen-bond donors (Lipinski definition) is 3. The second-order valence-corrected chi connectivity index (χ2v) is 6.41. The van der Waals surface area contributed by atoms with Crippen molar-refractivity contribution in [1.82, 2.24) is 27.5 Å². The Hall–Kier alpha value is -3.26. The number of carbonyl (C=O) groups excluding carboxylic acids is 4. The molecule has 0 fully saturated rings. The smallest absolute Gasteiger partial charge is 0.261 e. The molecule has 10 heteroatoms. The molecule has 9 nitrogen and oxygen atoms in total. The third-order valence-corrected chi connectivity index (χ3v) is 4.92. The number of imide groups is 2. The zero-order valence-corrected chi connectivity index (χ0v) is 17.9. The van der Waals surface area contributed by atoms with Crippen molar-refractivity contribution >= 4 is 34.4 Å². The first-order valence-corrected chi connectivity index (χ1v) is 8.27. The fourth-order valence-electron chi connectivity index (χ4n) is 3.67. The maximum absolute atomic E-state index is 13.0. The predicted octanol–water partition coefficient (Wildman–Crippen LogP) is 2.24. The molecule has 4 amide bonds. The summed E-state index contributed by atoms with van der Waals surface area (Å²) in [5, 5.41) is 3.00. The molecule has 0 saturated carbocycles. The van der Waals surface area contributed by atoms with Crippen LogP contribution in [0.25, 0.3) is 10.8 Å². The van der Waals surface area contributed by atoms with Crippen LogP contribution in [0.2, 0.25) is 0 Å². The van der Waals surface area contributed by atoms with Crippen molar-refractivity contribution in [3.63, 3.8) is 0 Å². The summed E-state index contributed by atoms with van der Waals surface area (Å²) in [6.07, 6.45) is 3.19. The van der Waals surface area contributed by atoms with Gasteiger partial charge in [-0.2, -0.15) is 0 Å². The van der Waals surface area contributed by atoms with Gasteiger partial charge in [0.2, 0.25) is 0 Å². The minimum Gasteiger partial charge on any atom is -0.344 e. The average molecular weight is 586 g/mol. The molecule has 0 saturated heterocycles. The van der Waals surface area contributed by atoms with E-state index in [0.29, 0.717) is 21.9 Å². The third kappa shape index (κ3) is 3.13. The van der Waals surface area contributed by atoms with Crippen molar-refractivity contribution in [2.75, 3.05) is 0 Å². The van der Waals surface area contributed by atoms with Crippen LogP contribution in [0.4, 0.5) is 0 Å². The summed E-state index contributed by atoms with van der Waals surface area (Å²) >= 11 is 0. The number of aromatic nitrogens is 1. The quantitative estimate of drug-likeness (QED) is 0.387. The van der Waals surface area contributed by atoms with Gasteiger partial charge < -0.3 is 12.3 Å². The van der Waals surface area contributed by atoms with Crippen molar-refractivity contribution in [2.24, 2.45) is 0 Å². The van der Waals surface area contributed by atoms with Gasteiger partial charge in [0.15, 0.2) is 0 Å². The van der Waals surface area contributed by atoms with Gasteiger partial charge in [0, 0.05) is 66.5 Å². The first kappa shape index (κ1) is 23.0. The maximum atomic E-state index is 13.0. The largest absolute Gasteiger partial charge is 0.344 e. The number of carbonyl (C=O) groups is 4. The van der Waals surface area contributed by atoms with E-state index in [1.165, 1.54) is 29.2 Å². The Bertz CT molecular complexity index is 1140. The summed E-state index contributed by atoms with van der Waals surface area (Å²) in [4.78, 5) is 55.5. The Kier molecular flexibility index (Phi) is 6.32. The van der Waals surface area contributed by atoms with E-state index in [9.17, 15) is 19.2 Å². The normalized spacial score (nSPS) is 13.8. The van der Waals surface area contributed by atoms with Crippen LogP contribution in [-0.2, 0) is 27.6 Å². The molecule has 30 heavy (non-hydrogen) atoms. The second kappa shape index (κ2) is 8.23. The standard InChI is InChI=1S/C20H11N3O4.2H3N.Pt/c24-17-11-1-3-13-16-14(4-2-12(15(11)16)18(25)22-17)20(27)23(19(13)26)9-10-5-7-21-8-6-10;;;/h1-8H,9H2,(H,22,24,25);2*1H3;.